The van der Waals surface area contributed by atoms with Crippen molar-refractivity contribution < 1.29 is 18.3 Å². The Morgan fingerprint density at radius 1 is 1.35 bits per heavy atom. The van der Waals surface area contributed by atoms with E-state index < -0.39 is 16.1 Å². The number of hydrogen-bond donors (Lipinski definition) is 1. The topological polar surface area (TPSA) is 66.8 Å². The summed E-state index contributed by atoms with van der Waals surface area (Å²) in [4.78, 5) is 0.328. The smallest absolute Gasteiger partial charge is 0.243 e. The second kappa shape index (κ2) is 5.81. The number of hydrogen-bond acceptors (Lipinski definition) is 4. The highest BCUT2D eigenvalue weighted by atomic mass is 32.2. The Kier molecular flexibility index (Phi) is 4.49. The lowest BCUT2D eigenvalue weighted by atomic mass is 10.2. The van der Waals surface area contributed by atoms with Crippen LogP contribution in [0.1, 0.15) is 18.1 Å². The minimum absolute atomic E-state index is 0.177. The van der Waals surface area contributed by atoms with Crippen molar-refractivity contribution in [2.45, 2.75) is 37.9 Å². The van der Waals surface area contributed by atoms with Gasteiger partial charge in [0.15, 0.2) is 0 Å². The lowest BCUT2D eigenvalue weighted by Gasteiger charge is -2.35. The van der Waals surface area contributed by atoms with Crippen molar-refractivity contribution in [2.24, 2.45) is 0 Å². The molecule has 0 spiro atoms. The summed E-state index contributed by atoms with van der Waals surface area (Å²) in [6.45, 7) is 5.87. The molecular formula is C14H21NO4S. The van der Waals surface area contributed by atoms with Crippen LogP contribution in [-0.4, -0.2) is 49.7 Å². The summed E-state index contributed by atoms with van der Waals surface area (Å²) in [5, 5.41) is 9.21. The number of rotatable bonds is 3. The zero-order valence-electron chi connectivity index (χ0n) is 12.0. The SMILES string of the molecule is Cc1ccc(S(=O)(=O)N2CC(C)OC(CO)C2)c(C)c1. The van der Waals surface area contributed by atoms with Crippen LogP contribution in [0.4, 0.5) is 0 Å². The highest BCUT2D eigenvalue weighted by Gasteiger charge is 2.34. The molecule has 0 saturated carbocycles. The predicted molar refractivity (Wildman–Crippen MR) is 76.1 cm³/mol. The second-order valence-electron chi connectivity index (χ2n) is 5.34. The summed E-state index contributed by atoms with van der Waals surface area (Å²) < 4.78 is 32.3. The van der Waals surface area contributed by atoms with Crippen LogP contribution in [-0.2, 0) is 14.8 Å². The summed E-state index contributed by atoms with van der Waals surface area (Å²) in [6.07, 6.45) is -0.680. The van der Waals surface area contributed by atoms with E-state index in [0.717, 1.165) is 11.1 Å². The summed E-state index contributed by atoms with van der Waals surface area (Å²) in [5.41, 5.74) is 1.77. The maximum atomic E-state index is 12.7. The molecule has 1 heterocycles. The van der Waals surface area contributed by atoms with Crippen molar-refractivity contribution in [1.82, 2.24) is 4.31 Å². The van der Waals surface area contributed by atoms with Crippen LogP contribution in [0.2, 0.25) is 0 Å². The molecule has 2 unspecified atom stereocenters. The van der Waals surface area contributed by atoms with Crippen molar-refractivity contribution in [3.8, 4) is 0 Å². The highest BCUT2D eigenvalue weighted by Crippen LogP contribution is 2.24. The molecule has 2 rings (SSSR count). The molecule has 6 heteroatoms. The molecule has 1 aliphatic rings. The van der Waals surface area contributed by atoms with Gasteiger partial charge in [0.2, 0.25) is 10.0 Å². The minimum atomic E-state index is -3.54. The normalized spacial score (nSPS) is 24.8. The van der Waals surface area contributed by atoms with E-state index >= 15 is 0 Å². The van der Waals surface area contributed by atoms with E-state index in [-0.39, 0.29) is 19.3 Å². The first-order valence-electron chi connectivity index (χ1n) is 6.68. The van der Waals surface area contributed by atoms with Crippen LogP contribution in [0, 0.1) is 13.8 Å². The van der Waals surface area contributed by atoms with Crippen molar-refractivity contribution in [3.63, 3.8) is 0 Å². The lowest BCUT2D eigenvalue weighted by Crippen LogP contribution is -2.50. The van der Waals surface area contributed by atoms with Crippen LogP contribution in [0.3, 0.4) is 0 Å². The first kappa shape index (κ1) is 15.4. The molecule has 0 aromatic heterocycles. The zero-order chi connectivity index (χ0) is 14.9. The first-order valence-corrected chi connectivity index (χ1v) is 8.12. The quantitative estimate of drug-likeness (QED) is 0.907. The molecular weight excluding hydrogens is 278 g/mol. The number of sulfonamides is 1. The van der Waals surface area contributed by atoms with Gasteiger partial charge in [-0.3, -0.25) is 0 Å². The first-order chi connectivity index (χ1) is 9.34. The fraction of sp³-hybridized carbons (Fsp3) is 0.571. The molecule has 0 aliphatic carbocycles. The fourth-order valence-electron chi connectivity index (χ4n) is 2.53. The van der Waals surface area contributed by atoms with Gasteiger partial charge in [0, 0.05) is 13.1 Å². The molecule has 1 aromatic rings. The number of aryl methyl sites for hydroxylation is 2. The van der Waals surface area contributed by atoms with E-state index in [1.807, 2.05) is 19.9 Å². The Hall–Kier alpha value is -0.950. The van der Waals surface area contributed by atoms with Gasteiger partial charge in [0.25, 0.3) is 0 Å². The van der Waals surface area contributed by atoms with Crippen LogP contribution in [0.5, 0.6) is 0 Å². The van der Waals surface area contributed by atoms with Gasteiger partial charge in [0.1, 0.15) is 0 Å². The Morgan fingerprint density at radius 2 is 2.05 bits per heavy atom. The summed E-state index contributed by atoms with van der Waals surface area (Å²) in [7, 11) is -3.54. The van der Waals surface area contributed by atoms with Crippen LogP contribution < -0.4 is 0 Å². The molecule has 1 N–H and O–H groups in total. The summed E-state index contributed by atoms with van der Waals surface area (Å²) in [5.74, 6) is 0. The maximum Gasteiger partial charge on any atom is 0.243 e. The van der Waals surface area contributed by atoms with Gasteiger partial charge < -0.3 is 9.84 Å². The Labute approximate surface area is 120 Å². The van der Waals surface area contributed by atoms with Crippen molar-refractivity contribution in [2.75, 3.05) is 19.7 Å². The molecule has 0 bridgehead atoms. The van der Waals surface area contributed by atoms with E-state index in [1.54, 1.807) is 19.1 Å². The molecule has 1 fully saturated rings. The van der Waals surface area contributed by atoms with Crippen molar-refractivity contribution in [3.05, 3.63) is 29.3 Å². The van der Waals surface area contributed by atoms with E-state index in [4.69, 9.17) is 4.74 Å². The average molecular weight is 299 g/mol. The molecule has 0 amide bonds. The Morgan fingerprint density at radius 3 is 2.65 bits per heavy atom. The highest BCUT2D eigenvalue weighted by molar-refractivity contribution is 7.89. The molecule has 0 radical (unpaired) electrons. The van der Waals surface area contributed by atoms with Gasteiger partial charge in [0.05, 0.1) is 23.7 Å². The van der Waals surface area contributed by atoms with Crippen molar-refractivity contribution >= 4 is 10.0 Å². The number of aliphatic hydroxyl groups excluding tert-OH is 1. The largest absolute Gasteiger partial charge is 0.394 e. The van der Waals surface area contributed by atoms with Gasteiger partial charge in [-0.1, -0.05) is 17.7 Å². The standard InChI is InChI=1S/C14H21NO4S/c1-10-4-5-14(11(2)6-10)20(17,18)15-7-12(3)19-13(8-15)9-16/h4-6,12-13,16H,7-9H2,1-3H3. The fourth-order valence-corrected chi connectivity index (χ4v) is 4.28. The van der Waals surface area contributed by atoms with Crippen LogP contribution >= 0.6 is 0 Å². The van der Waals surface area contributed by atoms with Crippen LogP contribution in [0.25, 0.3) is 0 Å². The number of aliphatic hydroxyl groups is 1. The van der Waals surface area contributed by atoms with E-state index in [9.17, 15) is 13.5 Å². The minimum Gasteiger partial charge on any atom is -0.394 e. The second-order valence-corrected chi connectivity index (χ2v) is 7.25. The van der Waals surface area contributed by atoms with Gasteiger partial charge in [-0.2, -0.15) is 4.31 Å². The Balaban J connectivity index is 2.34. The third-order valence-electron chi connectivity index (χ3n) is 3.44. The molecule has 20 heavy (non-hydrogen) atoms. The van der Waals surface area contributed by atoms with Gasteiger partial charge in [-0.25, -0.2) is 8.42 Å². The molecule has 2 atom stereocenters. The van der Waals surface area contributed by atoms with E-state index in [2.05, 4.69) is 0 Å². The number of nitrogens with zero attached hydrogens (tertiary/aromatic N) is 1. The lowest BCUT2D eigenvalue weighted by molar-refractivity contribution is -0.0750. The van der Waals surface area contributed by atoms with E-state index in [0.29, 0.717) is 11.4 Å². The van der Waals surface area contributed by atoms with Crippen molar-refractivity contribution in [1.29, 1.82) is 0 Å². The van der Waals surface area contributed by atoms with Gasteiger partial charge in [-0.15, -0.1) is 0 Å². The van der Waals surface area contributed by atoms with Gasteiger partial charge in [-0.05, 0) is 32.4 Å². The zero-order valence-corrected chi connectivity index (χ0v) is 12.9. The Bertz CT molecular complexity index is 585. The average Bonchev–Trinajstić information content (AvgIpc) is 2.37. The number of benzene rings is 1. The molecule has 112 valence electrons. The summed E-state index contributed by atoms with van der Waals surface area (Å²) >= 11 is 0. The molecule has 1 aliphatic heterocycles. The molecule has 1 aromatic carbocycles. The van der Waals surface area contributed by atoms with E-state index in [1.165, 1.54) is 4.31 Å². The molecule has 5 nitrogen and oxygen atoms in total. The molecule has 1 saturated heterocycles. The van der Waals surface area contributed by atoms with Gasteiger partial charge >= 0.3 is 0 Å². The monoisotopic (exact) mass is 299 g/mol. The summed E-state index contributed by atoms with van der Waals surface area (Å²) in [6, 6.07) is 5.31. The van der Waals surface area contributed by atoms with Crippen LogP contribution in [0.15, 0.2) is 23.1 Å². The predicted octanol–water partition coefficient (Wildman–Crippen LogP) is 1.07. The third-order valence-corrected chi connectivity index (χ3v) is 5.44. The maximum absolute atomic E-state index is 12.7. The number of ether oxygens (including phenoxy) is 1. The third kappa shape index (κ3) is 3.03. The number of morpholine rings is 1.